The van der Waals surface area contributed by atoms with Crippen molar-refractivity contribution in [1.29, 1.82) is 0 Å². The number of hydrogen-bond donors (Lipinski definition) is 1. The molecule has 0 fully saturated rings. The van der Waals surface area contributed by atoms with Crippen LogP contribution in [0, 0.1) is 0 Å². The monoisotopic (exact) mass is 234 g/mol. The minimum atomic E-state index is -0.0600. The predicted octanol–water partition coefficient (Wildman–Crippen LogP) is 3.04. The third kappa shape index (κ3) is 4.72. The van der Waals surface area contributed by atoms with Crippen molar-refractivity contribution in [2.45, 2.75) is 20.8 Å². The van der Waals surface area contributed by atoms with Crippen molar-refractivity contribution in [3.8, 4) is 0 Å². The van der Waals surface area contributed by atoms with Crippen LogP contribution in [0.3, 0.4) is 0 Å². The maximum Gasteiger partial charge on any atom is 0.251 e. The van der Waals surface area contributed by atoms with E-state index in [1.54, 1.807) is 7.05 Å². The molecular formula is C14H22N2O. The van der Waals surface area contributed by atoms with Crippen LogP contribution < -0.4 is 10.2 Å². The van der Waals surface area contributed by atoms with Gasteiger partial charge in [-0.15, -0.1) is 0 Å². The van der Waals surface area contributed by atoms with Crippen molar-refractivity contribution in [3.05, 3.63) is 42.1 Å². The summed E-state index contributed by atoms with van der Waals surface area (Å²) in [5, 5.41) is 2.59. The van der Waals surface area contributed by atoms with Gasteiger partial charge in [0.05, 0.1) is 0 Å². The number of anilines is 1. The minimum Gasteiger partial charge on any atom is -0.355 e. The highest BCUT2D eigenvalue weighted by Crippen LogP contribution is 2.13. The third-order valence-corrected chi connectivity index (χ3v) is 2.14. The number of hydrogen-bond acceptors (Lipinski definition) is 2. The van der Waals surface area contributed by atoms with Gasteiger partial charge >= 0.3 is 0 Å². The van der Waals surface area contributed by atoms with Crippen molar-refractivity contribution in [2.24, 2.45) is 0 Å². The van der Waals surface area contributed by atoms with E-state index in [0.717, 1.165) is 5.69 Å². The Morgan fingerprint density at radius 2 is 1.76 bits per heavy atom. The third-order valence-electron chi connectivity index (χ3n) is 2.14. The topological polar surface area (TPSA) is 32.3 Å². The smallest absolute Gasteiger partial charge is 0.251 e. The SMILES string of the molecule is C/C=C\N(C)c1ccc(C(=O)NC)cc1.CC. The summed E-state index contributed by atoms with van der Waals surface area (Å²) in [5.74, 6) is -0.0600. The quantitative estimate of drug-likeness (QED) is 0.871. The maximum atomic E-state index is 11.3. The number of carbonyl (C=O) groups is 1. The zero-order chi connectivity index (χ0) is 13.3. The molecule has 1 N–H and O–H groups in total. The van der Waals surface area contributed by atoms with Gasteiger partial charge in [0.25, 0.3) is 5.91 Å². The molecule has 1 aromatic carbocycles. The van der Waals surface area contributed by atoms with Crippen LogP contribution in [0.1, 0.15) is 31.1 Å². The predicted molar refractivity (Wildman–Crippen MR) is 74.4 cm³/mol. The highest BCUT2D eigenvalue weighted by atomic mass is 16.1. The van der Waals surface area contributed by atoms with Gasteiger partial charge in [-0.3, -0.25) is 4.79 Å². The Hall–Kier alpha value is -1.77. The number of carbonyl (C=O) groups excluding carboxylic acids is 1. The van der Waals surface area contributed by atoms with Crippen molar-refractivity contribution < 1.29 is 4.79 Å². The van der Waals surface area contributed by atoms with Crippen LogP contribution in [0.25, 0.3) is 0 Å². The summed E-state index contributed by atoms with van der Waals surface area (Å²) < 4.78 is 0. The molecule has 0 aliphatic rings. The zero-order valence-electron chi connectivity index (χ0n) is 11.3. The average molecular weight is 234 g/mol. The Bertz CT molecular complexity index is 355. The molecule has 0 aliphatic heterocycles. The summed E-state index contributed by atoms with van der Waals surface area (Å²) in [4.78, 5) is 13.3. The van der Waals surface area contributed by atoms with Crippen LogP contribution >= 0.6 is 0 Å². The molecule has 0 heterocycles. The Kier molecular flexibility index (Phi) is 7.52. The molecule has 0 saturated carbocycles. The molecule has 0 atom stereocenters. The van der Waals surface area contributed by atoms with Gasteiger partial charge in [0, 0.05) is 25.3 Å². The Morgan fingerprint density at radius 3 is 2.18 bits per heavy atom. The number of allylic oxidation sites excluding steroid dienone is 1. The van der Waals surface area contributed by atoms with Gasteiger partial charge in [-0.2, -0.15) is 0 Å². The van der Waals surface area contributed by atoms with E-state index in [0.29, 0.717) is 5.56 Å². The molecule has 0 unspecified atom stereocenters. The van der Waals surface area contributed by atoms with Gasteiger partial charge < -0.3 is 10.2 Å². The Morgan fingerprint density at radius 1 is 1.24 bits per heavy atom. The van der Waals surface area contributed by atoms with E-state index in [4.69, 9.17) is 0 Å². The molecule has 3 heteroatoms. The normalized spacial score (nSPS) is 9.47. The van der Waals surface area contributed by atoms with Crippen LogP contribution in [0.15, 0.2) is 36.5 Å². The highest BCUT2D eigenvalue weighted by Gasteiger charge is 2.02. The van der Waals surface area contributed by atoms with Crippen LogP contribution in [0.5, 0.6) is 0 Å². The largest absolute Gasteiger partial charge is 0.355 e. The molecular weight excluding hydrogens is 212 g/mol. The first-order valence-electron chi connectivity index (χ1n) is 5.87. The molecule has 1 amide bonds. The molecule has 1 aromatic rings. The van der Waals surface area contributed by atoms with Gasteiger partial charge in [-0.1, -0.05) is 19.9 Å². The van der Waals surface area contributed by atoms with Crippen LogP contribution in [-0.4, -0.2) is 20.0 Å². The molecule has 0 aliphatic carbocycles. The van der Waals surface area contributed by atoms with Crippen molar-refractivity contribution in [1.82, 2.24) is 5.32 Å². The molecule has 1 rings (SSSR count). The summed E-state index contributed by atoms with van der Waals surface area (Å²) in [6.07, 6.45) is 3.93. The second-order valence-corrected chi connectivity index (χ2v) is 3.22. The van der Waals surface area contributed by atoms with Crippen LogP contribution in [0.2, 0.25) is 0 Å². The van der Waals surface area contributed by atoms with E-state index in [2.05, 4.69) is 5.32 Å². The molecule has 3 nitrogen and oxygen atoms in total. The molecule has 0 aromatic heterocycles. The van der Waals surface area contributed by atoms with Gasteiger partial charge in [0.2, 0.25) is 0 Å². The van der Waals surface area contributed by atoms with Crippen LogP contribution in [0.4, 0.5) is 5.69 Å². The summed E-state index contributed by atoms with van der Waals surface area (Å²) in [7, 11) is 3.59. The van der Waals surface area contributed by atoms with Crippen molar-refractivity contribution >= 4 is 11.6 Å². The van der Waals surface area contributed by atoms with Crippen molar-refractivity contribution in [2.75, 3.05) is 19.0 Å². The maximum absolute atomic E-state index is 11.3. The fourth-order valence-corrected chi connectivity index (χ4v) is 1.30. The first-order chi connectivity index (χ1) is 8.19. The van der Waals surface area contributed by atoms with E-state index in [9.17, 15) is 4.79 Å². The minimum absolute atomic E-state index is 0.0600. The first-order valence-corrected chi connectivity index (χ1v) is 5.87. The van der Waals surface area contributed by atoms with E-state index in [-0.39, 0.29) is 5.91 Å². The fraction of sp³-hybridized carbons (Fsp3) is 0.357. The van der Waals surface area contributed by atoms with E-state index in [1.807, 2.05) is 69.3 Å². The highest BCUT2D eigenvalue weighted by molar-refractivity contribution is 5.94. The van der Waals surface area contributed by atoms with Crippen LogP contribution in [-0.2, 0) is 0 Å². The number of nitrogens with zero attached hydrogens (tertiary/aromatic N) is 1. The summed E-state index contributed by atoms with van der Waals surface area (Å²) in [5.41, 5.74) is 1.73. The molecule has 0 radical (unpaired) electrons. The van der Waals surface area contributed by atoms with Gasteiger partial charge in [0.1, 0.15) is 0 Å². The standard InChI is InChI=1S/C12H16N2O.C2H6/c1-4-9-14(3)11-7-5-10(6-8-11)12(15)13-2;1-2/h4-9H,1-3H3,(H,13,15);1-2H3/b9-4-;. The molecule has 0 spiro atoms. The van der Waals surface area contributed by atoms with Crippen molar-refractivity contribution in [3.63, 3.8) is 0 Å². The second-order valence-electron chi connectivity index (χ2n) is 3.22. The number of amides is 1. The Labute approximate surface area is 104 Å². The lowest BCUT2D eigenvalue weighted by atomic mass is 10.2. The Balaban J connectivity index is 0.00000121. The first kappa shape index (κ1) is 15.2. The number of benzene rings is 1. The average Bonchev–Trinajstić information content (AvgIpc) is 2.40. The second kappa shape index (κ2) is 8.39. The zero-order valence-corrected chi connectivity index (χ0v) is 11.3. The number of rotatable bonds is 3. The van der Waals surface area contributed by atoms with Gasteiger partial charge in [0.15, 0.2) is 0 Å². The molecule has 0 bridgehead atoms. The van der Waals surface area contributed by atoms with Gasteiger partial charge in [-0.05, 0) is 37.4 Å². The molecule has 17 heavy (non-hydrogen) atoms. The summed E-state index contributed by atoms with van der Waals surface area (Å²) in [6, 6.07) is 7.47. The lowest BCUT2D eigenvalue weighted by molar-refractivity contribution is 0.0963. The van der Waals surface area contributed by atoms with E-state index < -0.39 is 0 Å². The molecule has 0 saturated heterocycles. The fourth-order valence-electron chi connectivity index (χ4n) is 1.30. The summed E-state index contributed by atoms with van der Waals surface area (Å²) >= 11 is 0. The van der Waals surface area contributed by atoms with E-state index >= 15 is 0 Å². The number of nitrogens with one attached hydrogen (secondary N) is 1. The van der Waals surface area contributed by atoms with Gasteiger partial charge in [-0.25, -0.2) is 0 Å². The lowest BCUT2D eigenvalue weighted by Crippen LogP contribution is -2.17. The molecule has 94 valence electrons. The summed E-state index contributed by atoms with van der Waals surface area (Å²) in [6.45, 7) is 5.97. The van der Waals surface area contributed by atoms with E-state index in [1.165, 1.54) is 0 Å². The lowest BCUT2D eigenvalue weighted by Gasteiger charge is -2.13.